The minimum Gasteiger partial charge on any atom is -0.481 e. The van der Waals surface area contributed by atoms with E-state index in [9.17, 15) is 4.79 Å². The topological polar surface area (TPSA) is 37.3 Å². The van der Waals surface area contributed by atoms with E-state index in [1.165, 1.54) is 107 Å². The summed E-state index contributed by atoms with van der Waals surface area (Å²) in [5.74, 6) is 0.494. The van der Waals surface area contributed by atoms with Gasteiger partial charge < -0.3 is 5.11 Å². The zero-order valence-corrected chi connectivity index (χ0v) is 26.0. The van der Waals surface area contributed by atoms with Gasteiger partial charge >= 0.3 is 5.97 Å². The lowest BCUT2D eigenvalue weighted by Crippen LogP contribution is -2.26. The number of aliphatic carboxylic acids is 1. The minimum absolute atomic E-state index is 0.189. The molecule has 0 aliphatic heterocycles. The molecule has 0 heterocycles. The molecule has 0 fully saturated rings. The summed E-state index contributed by atoms with van der Waals surface area (Å²) in [5.41, 5.74) is 4.07. The summed E-state index contributed by atoms with van der Waals surface area (Å²) in [6.07, 6.45) is 20.9. The zero-order valence-electron chi connectivity index (χ0n) is 25.2. The Morgan fingerprint density at radius 2 is 0.756 bits per heavy atom. The number of benzene rings is 3. The molecule has 0 bridgehead atoms. The standard InChI is InChI=1S/C38H52O2S/c39-37(40)32-24-13-11-9-7-5-3-1-2-4-6-8-10-12-14-25-33-41-38(34-26-18-15-19-27-34,35-28-20-16-21-29-35)36-30-22-17-23-31-36/h15-23,26-31H,1-14,24-25,32-33H2,(H,39,40). The summed E-state index contributed by atoms with van der Waals surface area (Å²) in [4.78, 5) is 10.5. The Kier molecular flexibility index (Phi) is 16.4. The quantitative estimate of drug-likeness (QED) is 0.0907. The molecular weight excluding hydrogens is 520 g/mol. The number of carboxylic acids is 1. The number of rotatable bonds is 23. The van der Waals surface area contributed by atoms with Crippen LogP contribution in [0.3, 0.4) is 0 Å². The Labute approximate surface area is 254 Å². The molecule has 0 aliphatic rings. The van der Waals surface area contributed by atoms with Gasteiger partial charge in [0.2, 0.25) is 0 Å². The van der Waals surface area contributed by atoms with Gasteiger partial charge in [-0.3, -0.25) is 4.79 Å². The highest BCUT2D eigenvalue weighted by Gasteiger charge is 2.36. The fraction of sp³-hybridized carbons (Fsp3) is 0.500. The van der Waals surface area contributed by atoms with Crippen LogP contribution in [0.2, 0.25) is 0 Å². The first-order valence-electron chi connectivity index (χ1n) is 16.3. The van der Waals surface area contributed by atoms with Gasteiger partial charge in [0.1, 0.15) is 0 Å². The SMILES string of the molecule is O=C(O)CCCCCCCCCCCCCCCCCCSC(c1ccccc1)(c1ccccc1)c1ccccc1. The molecule has 0 saturated heterocycles. The van der Waals surface area contributed by atoms with Crippen LogP contribution >= 0.6 is 11.8 Å². The van der Waals surface area contributed by atoms with Gasteiger partial charge in [-0.1, -0.05) is 181 Å². The lowest BCUT2D eigenvalue weighted by Gasteiger charge is -2.35. The first-order chi connectivity index (χ1) is 20.2. The van der Waals surface area contributed by atoms with Gasteiger partial charge in [-0.25, -0.2) is 0 Å². The van der Waals surface area contributed by atoms with Crippen molar-refractivity contribution in [2.75, 3.05) is 5.75 Å². The molecule has 3 heteroatoms. The normalized spacial score (nSPS) is 11.5. The van der Waals surface area contributed by atoms with Crippen molar-refractivity contribution in [3.8, 4) is 0 Å². The van der Waals surface area contributed by atoms with Crippen molar-refractivity contribution in [1.82, 2.24) is 0 Å². The van der Waals surface area contributed by atoms with Crippen molar-refractivity contribution in [2.24, 2.45) is 0 Å². The maximum atomic E-state index is 10.5. The number of carbonyl (C=O) groups is 1. The highest BCUT2D eigenvalue weighted by molar-refractivity contribution is 8.00. The lowest BCUT2D eigenvalue weighted by molar-refractivity contribution is -0.137. The van der Waals surface area contributed by atoms with Gasteiger partial charge in [-0.2, -0.15) is 0 Å². The monoisotopic (exact) mass is 572 g/mol. The molecule has 3 aromatic carbocycles. The molecule has 0 unspecified atom stereocenters. The van der Waals surface area contributed by atoms with Gasteiger partial charge in [0.25, 0.3) is 0 Å². The molecule has 222 valence electrons. The van der Waals surface area contributed by atoms with E-state index in [4.69, 9.17) is 5.11 Å². The predicted molar refractivity (Wildman–Crippen MR) is 178 cm³/mol. The Morgan fingerprint density at radius 1 is 0.463 bits per heavy atom. The molecule has 0 saturated carbocycles. The second-order valence-corrected chi connectivity index (χ2v) is 12.7. The smallest absolute Gasteiger partial charge is 0.303 e. The van der Waals surface area contributed by atoms with E-state index in [1.807, 2.05) is 0 Å². The second kappa shape index (κ2) is 20.4. The van der Waals surface area contributed by atoms with Crippen molar-refractivity contribution in [2.45, 2.75) is 114 Å². The fourth-order valence-corrected chi connectivity index (χ4v) is 7.41. The van der Waals surface area contributed by atoms with E-state index < -0.39 is 5.97 Å². The van der Waals surface area contributed by atoms with Crippen molar-refractivity contribution >= 4 is 17.7 Å². The van der Waals surface area contributed by atoms with Gasteiger partial charge in [0.05, 0.1) is 4.75 Å². The summed E-state index contributed by atoms with van der Waals surface area (Å²) in [5, 5.41) is 8.67. The number of hydrogen-bond donors (Lipinski definition) is 1. The van der Waals surface area contributed by atoms with Crippen LogP contribution in [-0.2, 0) is 9.54 Å². The summed E-state index contributed by atoms with van der Waals surface area (Å²) >= 11 is 2.10. The number of carboxylic acid groups (broad SMARTS) is 1. The molecule has 3 rings (SSSR count). The van der Waals surface area contributed by atoms with Crippen molar-refractivity contribution in [3.05, 3.63) is 108 Å². The molecule has 1 N–H and O–H groups in total. The van der Waals surface area contributed by atoms with E-state index >= 15 is 0 Å². The van der Waals surface area contributed by atoms with Crippen molar-refractivity contribution in [1.29, 1.82) is 0 Å². The van der Waals surface area contributed by atoms with Crippen LogP contribution in [0.15, 0.2) is 91.0 Å². The average molecular weight is 573 g/mol. The van der Waals surface area contributed by atoms with Crippen LogP contribution < -0.4 is 0 Å². The lowest BCUT2D eigenvalue weighted by atomic mass is 9.84. The fourth-order valence-electron chi connectivity index (χ4n) is 5.85. The third-order valence-electron chi connectivity index (χ3n) is 8.14. The second-order valence-electron chi connectivity index (χ2n) is 11.4. The Bertz CT molecular complexity index is 955. The molecule has 3 aromatic rings. The molecule has 41 heavy (non-hydrogen) atoms. The van der Waals surface area contributed by atoms with Crippen LogP contribution in [0.4, 0.5) is 0 Å². The van der Waals surface area contributed by atoms with Gasteiger partial charge in [-0.05, 0) is 35.3 Å². The Hall–Kier alpha value is -2.52. The number of thioether (sulfide) groups is 1. The molecule has 0 atom stereocenters. The van der Waals surface area contributed by atoms with Crippen molar-refractivity contribution in [3.63, 3.8) is 0 Å². The summed E-state index contributed by atoms with van der Waals surface area (Å²) < 4.78 is -0.189. The van der Waals surface area contributed by atoms with Gasteiger partial charge in [-0.15, -0.1) is 11.8 Å². The number of hydrogen-bond acceptors (Lipinski definition) is 2. The minimum atomic E-state index is -0.659. The maximum Gasteiger partial charge on any atom is 0.303 e. The maximum absolute atomic E-state index is 10.5. The molecule has 0 radical (unpaired) electrons. The largest absolute Gasteiger partial charge is 0.481 e. The first kappa shape index (κ1) is 33.0. The van der Waals surface area contributed by atoms with Crippen LogP contribution in [0.25, 0.3) is 0 Å². The van der Waals surface area contributed by atoms with Gasteiger partial charge in [0.15, 0.2) is 0 Å². The zero-order chi connectivity index (χ0) is 28.9. The summed E-state index contributed by atoms with van der Waals surface area (Å²) in [6.45, 7) is 0. The molecule has 2 nitrogen and oxygen atoms in total. The van der Waals surface area contributed by atoms with Crippen LogP contribution in [0.5, 0.6) is 0 Å². The van der Waals surface area contributed by atoms with E-state index in [-0.39, 0.29) is 4.75 Å². The third kappa shape index (κ3) is 12.1. The van der Waals surface area contributed by atoms with Crippen molar-refractivity contribution < 1.29 is 9.90 Å². The highest BCUT2D eigenvalue weighted by atomic mass is 32.2. The first-order valence-corrected chi connectivity index (χ1v) is 17.2. The molecular formula is C38H52O2S. The van der Waals surface area contributed by atoms with E-state index in [0.29, 0.717) is 6.42 Å². The molecule has 0 aliphatic carbocycles. The molecule has 0 aromatic heterocycles. The summed E-state index contributed by atoms with van der Waals surface area (Å²) in [7, 11) is 0. The van der Waals surface area contributed by atoms with Crippen LogP contribution in [0, 0.1) is 0 Å². The van der Waals surface area contributed by atoms with E-state index in [1.54, 1.807) is 0 Å². The molecule has 0 amide bonds. The molecule has 0 spiro atoms. The average Bonchev–Trinajstić information content (AvgIpc) is 3.01. The van der Waals surface area contributed by atoms with Crippen LogP contribution in [-0.4, -0.2) is 16.8 Å². The predicted octanol–water partition coefficient (Wildman–Crippen LogP) is 11.4. The Morgan fingerprint density at radius 3 is 1.07 bits per heavy atom. The van der Waals surface area contributed by atoms with Gasteiger partial charge in [0, 0.05) is 6.42 Å². The van der Waals surface area contributed by atoms with E-state index in [2.05, 4.69) is 103 Å². The summed E-state index contributed by atoms with van der Waals surface area (Å²) in [6, 6.07) is 33.1. The highest BCUT2D eigenvalue weighted by Crippen LogP contribution is 2.48. The third-order valence-corrected chi connectivity index (χ3v) is 9.78. The van der Waals surface area contributed by atoms with Crippen LogP contribution in [0.1, 0.15) is 126 Å². The van der Waals surface area contributed by atoms with E-state index in [0.717, 1.165) is 18.6 Å². The number of unbranched alkanes of at least 4 members (excludes halogenated alkanes) is 15. The Balaban J connectivity index is 1.29.